The number of carbonyl (C=O) groups excluding carboxylic acids is 3. The zero-order valence-electron chi connectivity index (χ0n) is 18.6. The minimum absolute atomic E-state index is 0.0337. The summed E-state index contributed by atoms with van der Waals surface area (Å²) < 4.78 is 0.481. The minimum atomic E-state index is -1.30. The maximum Gasteiger partial charge on any atom is 0.353 e. The van der Waals surface area contributed by atoms with Crippen LogP contribution in [0.5, 0.6) is 0 Å². The van der Waals surface area contributed by atoms with Crippen LogP contribution in [0.4, 0.5) is 10.3 Å². The van der Waals surface area contributed by atoms with Gasteiger partial charge < -0.3 is 21.4 Å². The van der Waals surface area contributed by atoms with Crippen molar-refractivity contribution < 1.29 is 29.5 Å². The molecule has 0 aliphatic carbocycles. The lowest BCUT2D eigenvalue weighted by Crippen LogP contribution is -2.72. The molecule has 3 aliphatic heterocycles. The number of amides is 3. The van der Waals surface area contributed by atoms with Crippen molar-refractivity contribution in [2.45, 2.75) is 42.1 Å². The number of carboxylic acid groups (broad SMARTS) is 1. The summed E-state index contributed by atoms with van der Waals surface area (Å²) in [5.41, 5.74) is 4.73. The standard InChI is InChI=1S/C19H17ClN8O6S3/c20-13-10(23-17(21)36-13)11(26-34)14(30)22-9-6-3-4-7(12(16(32)33)28(6)15(9)31)35-19-25-24-18(37-19)27-5-1-2-8(27)29/h6,9,34H,1-5H2,(H2,21,23)(H,22,30)(H,32,33)/b26-11-. The van der Waals surface area contributed by atoms with Crippen LogP contribution in [0.25, 0.3) is 0 Å². The van der Waals surface area contributed by atoms with Crippen LogP contribution >= 0.6 is 46.0 Å². The number of thioether (sulfide) groups is 1. The average Bonchev–Trinajstić information content (AvgIpc) is 3.57. The first-order valence-electron chi connectivity index (χ1n) is 10.8. The zero-order chi connectivity index (χ0) is 26.4. The number of carboxylic acids is 1. The Hall–Kier alpha value is -3.28. The first-order valence-corrected chi connectivity index (χ1v) is 13.6. The molecule has 14 nitrogen and oxygen atoms in total. The van der Waals surface area contributed by atoms with Gasteiger partial charge in [0.1, 0.15) is 21.8 Å². The number of carbonyl (C=O) groups is 4. The molecule has 2 fully saturated rings. The molecule has 3 amide bonds. The van der Waals surface area contributed by atoms with Gasteiger partial charge in [0.15, 0.2) is 15.2 Å². The molecule has 2 aromatic heterocycles. The number of hydrogen-bond acceptors (Lipinski definition) is 13. The Kier molecular flexibility index (Phi) is 6.78. The Morgan fingerprint density at radius 1 is 1.24 bits per heavy atom. The number of halogens is 1. The number of fused-ring (bicyclic) bond motifs is 1. The lowest BCUT2D eigenvalue weighted by Gasteiger charge is -2.49. The third-order valence-corrected chi connectivity index (χ3v) is 9.16. The highest BCUT2D eigenvalue weighted by Crippen LogP contribution is 2.44. The molecule has 0 aromatic carbocycles. The molecule has 2 aromatic rings. The summed E-state index contributed by atoms with van der Waals surface area (Å²) in [7, 11) is 0. The van der Waals surface area contributed by atoms with E-state index in [1.54, 1.807) is 4.90 Å². The normalized spacial score (nSPS) is 21.8. The van der Waals surface area contributed by atoms with E-state index in [1.165, 1.54) is 11.3 Å². The fourth-order valence-electron chi connectivity index (χ4n) is 4.31. The van der Waals surface area contributed by atoms with Crippen LogP contribution in [0.3, 0.4) is 0 Å². The Bertz CT molecular complexity index is 1390. The third kappa shape index (κ3) is 4.51. The Balaban J connectivity index is 1.32. The molecule has 2 unspecified atom stereocenters. The quantitative estimate of drug-likeness (QED) is 0.119. The van der Waals surface area contributed by atoms with E-state index in [0.717, 1.165) is 34.4 Å². The fourth-order valence-corrected chi connectivity index (χ4v) is 7.35. The number of rotatable bonds is 7. The van der Waals surface area contributed by atoms with Crippen molar-refractivity contribution in [1.82, 2.24) is 25.4 Å². The van der Waals surface area contributed by atoms with E-state index < -0.39 is 35.6 Å². The first-order chi connectivity index (χ1) is 17.7. The zero-order valence-corrected chi connectivity index (χ0v) is 21.8. The molecular formula is C19H17ClN8O6S3. The largest absolute Gasteiger partial charge is 0.477 e. The highest BCUT2D eigenvalue weighted by molar-refractivity contribution is 8.04. The molecule has 0 bridgehead atoms. The number of oxime groups is 1. The molecule has 2 atom stereocenters. The number of aromatic nitrogens is 3. The molecule has 5 N–H and O–H groups in total. The third-order valence-electron chi connectivity index (χ3n) is 5.93. The van der Waals surface area contributed by atoms with Crippen molar-refractivity contribution in [2.24, 2.45) is 5.16 Å². The topological polar surface area (TPSA) is 204 Å². The van der Waals surface area contributed by atoms with Crippen molar-refractivity contribution in [3.63, 3.8) is 0 Å². The Morgan fingerprint density at radius 2 is 2.03 bits per heavy atom. The van der Waals surface area contributed by atoms with Gasteiger partial charge in [0.25, 0.3) is 11.8 Å². The lowest BCUT2D eigenvalue weighted by atomic mass is 9.86. The molecule has 0 radical (unpaired) electrons. The number of nitrogen functional groups attached to an aromatic ring is 1. The summed E-state index contributed by atoms with van der Waals surface area (Å²) in [6, 6.07) is -1.65. The van der Waals surface area contributed by atoms with Gasteiger partial charge in [0.2, 0.25) is 11.0 Å². The molecule has 18 heteroatoms. The van der Waals surface area contributed by atoms with Gasteiger partial charge in [0.05, 0.1) is 6.04 Å². The second-order valence-electron chi connectivity index (χ2n) is 8.07. The monoisotopic (exact) mass is 584 g/mol. The van der Waals surface area contributed by atoms with Gasteiger partial charge in [-0.3, -0.25) is 24.2 Å². The second kappa shape index (κ2) is 9.88. The summed E-state index contributed by atoms with van der Waals surface area (Å²) in [4.78, 5) is 56.7. The number of nitrogens with one attached hydrogen (secondary N) is 1. The number of anilines is 2. The summed E-state index contributed by atoms with van der Waals surface area (Å²) in [6.07, 6.45) is 1.85. The lowest BCUT2D eigenvalue weighted by molar-refractivity contribution is -0.155. The summed E-state index contributed by atoms with van der Waals surface area (Å²) in [5.74, 6) is -2.87. The van der Waals surface area contributed by atoms with Crippen molar-refractivity contribution in [1.29, 1.82) is 0 Å². The molecule has 5 heterocycles. The van der Waals surface area contributed by atoms with Crippen LogP contribution in [-0.4, -0.2) is 78.4 Å². The van der Waals surface area contributed by atoms with E-state index in [9.17, 15) is 29.5 Å². The molecule has 0 spiro atoms. The number of hydrogen-bond donors (Lipinski definition) is 4. The van der Waals surface area contributed by atoms with Crippen LogP contribution in [-0.2, 0) is 19.2 Å². The van der Waals surface area contributed by atoms with Crippen LogP contribution in [0.15, 0.2) is 20.1 Å². The number of aliphatic carboxylic acids is 1. The minimum Gasteiger partial charge on any atom is -0.477 e. The molecule has 37 heavy (non-hydrogen) atoms. The van der Waals surface area contributed by atoms with Crippen molar-refractivity contribution in [3.8, 4) is 0 Å². The molecular weight excluding hydrogens is 568 g/mol. The number of nitrogens with zero attached hydrogens (tertiary/aromatic N) is 6. The van der Waals surface area contributed by atoms with Gasteiger partial charge in [-0.05, 0) is 19.3 Å². The molecule has 194 valence electrons. The van der Waals surface area contributed by atoms with Gasteiger partial charge in [-0.25, -0.2) is 9.78 Å². The predicted octanol–water partition coefficient (Wildman–Crippen LogP) is 1.11. The van der Waals surface area contributed by atoms with Gasteiger partial charge in [-0.1, -0.05) is 51.2 Å². The van der Waals surface area contributed by atoms with Crippen molar-refractivity contribution in [2.75, 3.05) is 17.2 Å². The number of β-lactam (4-membered cyclic amide) rings is 1. The summed E-state index contributed by atoms with van der Waals surface area (Å²) >= 11 is 9.14. The van der Waals surface area contributed by atoms with E-state index in [2.05, 4.69) is 25.7 Å². The predicted molar refractivity (Wildman–Crippen MR) is 134 cm³/mol. The Labute approximate surface area is 225 Å². The van der Waals surface area contributed by atoms with E-state index in [-0.39, 0.29) is 26.8 Å². The van der Waals surface area contributed by atoms with Gasteiger partial charge in [-0.15, -0.1) is 10.2 Å². The maximum absolute atomic E-state index is 12.9. The van der Waals surface area contributed by atoms with Crippen LogP contribution in [0.1, 0.15) is 31.4 Å². The molecule has 3 aliphatic rings. The van der Waals surface area contributed by atoms with E-state index in [0.29, 0.717) is 40.2 Å². The number of nitrogens with two attached hydrogens (primary N) is 1. The van der Waals surface area contributed by atoms with Crippen molar-refractivity contribution >= 4 is 85.7 Å². The van der Waals surface area contributed by atoms with Crippen LogP contribution in [0.2, 0.25) is 4.34 Å². The average molecular weight is 585 g/mol. The fraction of sp³-hybridized carbons (Fsp3) is 0.368. The maximum atomic E-state index is 12.9. The van der Waals surface area contributed by atoms with Gasteiger partial charge in [-0.2, -0.15) is 0 Å². The number of allylic oxidation sites excluding steroid dienone is 1. The SMILES string of the molecule is Nc1nc(/C(=N/O)C(=O)NC2C(=O)N3C(C(=O)O)=C(Sc4nnc(N5CCCC5=O)s4)CCC23)c(Cl)s1. The van der Waals surface area contributed by atoms with Crippen molar-refractivity contribution in [3.05, 3.63) is 20.6 Å². The van der Waals surface area contributed by atoms with Gasteiger partial charge >= 0.3 is 5.97 Å². The molecule has 5 rings (SSSR count). The Morgan fingerprint density at radius 3 is 2.65 bits per heavy atom. The number of thiazole rings is 1. The summed E-state index contributed by atoms with van der Waals surface area (Å²) in [6.45, 7) is 0.559. The van der Waals surface area contributed by atoms with Crippen LogP contribution in [0, 0.1) is 0 Å². The van der Waals surface area contributed by atoms with E-state index in [1.807, 2.05) is 0 Å². The first kappa shape index (κ1) is 25.4. The van der Waals surface area contributed by atoms with E-state index >= 15 is 0 Å². The highest BCUT2D eigenvalue weighted by atomic mass is 35.5. The highest BCUT2D eigenvalue weighted by Gasteiger charge is 2.54. The molecule has 0 saturated carbocycles. The molecule has 2 saturated heterocycles. The van der Waals surface area contributed by atoms with Gasteiger partial charge in [0, 0.05) is 17.9 Å². The summed E-state index contributed by atoms with van der Waals surface area (Å²) in [5, 5.41) is 33.3. The smallest absolute Gasteiger partial charge is 0.353 e. The van der Waals surface area contributed by atoms with E-state index in [4.69, 9.17) is 17.3 Å². The second-order valence-corrected chi connectivity index (χ2v) is 12.0. The van der Waals surface area contributed by atoms with Crippen LogP contribution < -0.4 is 16.0 Å².